The molecule has 0 aliphatic carbocycles. The molecule has 1 aliphatic rings. The molecule has 1 aliphatic heterocycles. The summed E-state index contributed by atoms with van der Waals surface area (Å²) >= 11 is 0. The summed E-state index contributed by atoms with van der Waals surface area (Å²) < 4.78 is 11.2. The van der Waals surface area contributed by atoms with Crippen LogP contribution in [0.1, 0.15) is 104 Å². The summed E-state index contributed by atoms with van der Waals surface area (Å²) in [5, 5.41) is 0. The van der Waals surface area contributed by atoms with Crippen LogP contribution in [0.3, 0.4) is 0 Å². The van der Waals surface area contributed by atoms with E-state index < -0.39 is 0 Å². The molecule has 2 nitrogen and oxygen atoms in total. The zero-order valence-electron chi connectivity index (χ0n) is 14.6. The molecule has 0 bridgehead atoms. The second-order valence-electron chi connectivity index (χ2n) is 6.74. The first kappa shape index (κ1) is 19.0. The Morgan fingerprint density at radius 2 is 1.19 bits per heavy atom. The van der Waals surface area contributed by atoms with Crippen LogP contribution in [0.2, 0.25) is 0 Å². The second-order valence-corrected chi connectivity index (χ2v) is 6.74. The average Bonchev–Trinajstić information content (AvgIpc) is 2.89. The predicted molar refractivity (Wildman–Crippen MR) is 90.6 cm³/mol. The molecule has 0 N–H and O–H groups in total. The first-order chi connectivity index (χ1) is 10.3. The van der Waals surface area contributed by atoms with Crippen molar-refractivity contribution in [3.8, 4) is 0 Å². The molecule has 0 spiro atoms. The van der Waals surface area contributed by atoms with E-state index in [1.807, 2.05) is 0 Å². The summed E-state index contributed by atoms with van der Waals surface area (Å²) in [5.41, 5.74) is 0. The molecule has 2 atom stereocenters. The zero-order chi connectivity index (χ0) is 15.2. The van der Waals surface area contributed by atoms with E-state index in [4.69, 9.17) is 9.47 Å². The normalized spacial score (nSPS) is 22.0. The molecule has 0 saturated carbocycles. The highest BCUT2D eigenvalue weighted by Gasteiger charge is 2.21. The van der Waals surface area contributed by atoms with Crippen molar-refractivity contribution in [2.24, 2.45) is 0 Å². The Labute approximate surface area is 133 Å². The summed E-state index contributed by atoms with van der Waals surface area (Å²) in [7, 11) is 0. The lowest BCUT2D eigenvalue weighted by atomic mass is 10.0. The fourth-order valence-corrected chi connectivity index (χ4v) is 3.06. The van der Waals surface area contributed by atoms with Crippen LogP contribution in [0.5, 0.6) is 0 Å². The molecular formula is C19H38O2. The van der Waals surface area contributed by atoms with Crippen LogP contribution in [-0.4, -0.2) is 19.0 Å². The van der Waals surface area contributed by atoms with Gasteiger partial charge in [-0.25, -0.2) is 0 Å². The topological polar surface area (TPSA) is 18.5 Å². The van der Waals surface area contributed by atoms with Crippen LogP contribution in [0.4, 0.5) is 0 Å². The molecule has 0 radical (unpaired) electrons. The average molecular weight is 299 g/mol. The third-order valence-electron chi connectivity index (χ3n) is 4.44. The lowest BCUT2D eigenvalue weighted by Gasteiger charge is -2.09. The maximum Gasteiger partial charge on any atom is 0.158 e. The minimum Gasteiger partial charge on any atom is -0.350 e. The van der Waals surface area contributed by atoms with Crippen molar-refractivity contribution in [2.75, 3.05) is 6.61 Å². The van der Waals surface area contributed by atoms with Crippen molar-refractivity contribution < 1.29 is 9.47 Å². The van der Waals surface area contributed by atoms with Gasteiger partial charge in [-0.1, -0.05) is 84.0 Å². The highest BCUT2D eigenvalue weighted by atomic mass is 16.7. The summed E-state index contributed by atoms with van der Waals surface area (Å²) in [4.78, 5) is 0. The highest BCUT2D eigenvalue weighted by Crippen LogP contribution is 2.18. The Hall–Kier alpha value is -0.0800. The minimum absolute atomic E-state index is 0.0905. The molecule has 2 unspecified atom stereocenters. The van der Waals surface area contributed by atoms with Crippen LogP contribution in [-0.2, 0) is 9.47 Å². The van der Waals surface area contributed by atoms with Gasteiger partial charge in [0.25, 0.3) is 0 Å². The van der Waals surface area contributed by atoms with Crippen LogP contribution in [0.15, 0.2) is 0 Å². The van der Waals surface area contributed by atoms with Crippen molar-refractivity contribution in [3.05, 3.63) is 0 Å². The number of hydrogen-bond donors (Lipinski definition) is 0. The summed E-state index contributed by atoms with van der Waals surface area (Å²) in [5.74, 6) is 0. The number of hydrogen-bond acceptors (Lipinski definition) is 2. The van der Waals surface area contributed by atoms with E-state index in [1.165, 1.54) is 83.5 Å². The maximum atomic E-state index is 5.65. The molecule has 1 rings (SSSR count). The summed E-state index contributed by atoms with van der Waals surface area (Å²) in [6.45, 7) is 5.15. The Balaban J connectivity index is 1.69. The maximum absolute atomic E-state index is 5.65. The molecule has 0 amide bonds. The standard InChI is InChI=1S/C19H38O2/c1-3-4-5-6-7-8-9-10-11-12-13-14-15-16-19-20-17-18(2)21-19/h18-19H,3-17H2,1-2H3. The fraction of sp³-hybridized carbons (Fsp3) is 1.00. The van der Waals surface area contributed by atoms with Crippen molar-refractivity contribution in [1.82, 2.24) is 0 Å². The van der Waals surface area contributed by atoms with Crippen molar-refractivity contribution >= 4 is 0 Å². The fourth-order valence-electron chi connectivity index (χ4n) is 3.06. The molecular weight excluding hydrogens is 260 g/mol. The van der Waals surface area contributed by atoms with Crippen molar-refractivity contribution in [2.45, 2.75) is 116 Å². The van der Waals surface area contributed by atoms with Gasteiger partial charge in [-0.05, 0) is 19.8 Å². The lowest BCUT2D eigenvalue weighted by molar-refractivity contribution is -0.0604. The Morgan fingerprint density at radius 1 is 0.714 bits per heavy atom. The van der Waals surface area contributed by atoms with E-state index >= 15 is 0 Å². The SMILES string of the molecule is CCCCCCCCCCCCCCCC1OCC(C)O1. The van der Waals surface area contributed by atoms with Crippen LogP contribution in [0.25, 0.3) is 0 Å². The van der Waals surface area contributed by atoms with Gasteiger partial charge in [0.05, 0.1) is 12.7 Å². The number of rotatable bonds is 14. The molecule has 2 heteroatoms. The molecule has 1 saturated heterocycles. The molecule has 0 aromatic heterocycles. The molecule has 0 aromatic carbocycles. The monoisotopic (exact) mass is 298 g/mol. The van der Waals surface area contributed by atoms with Gasteiger partial charge in [0, 0.05) is 0 Å². The molecule has 1 heterocycles. The van der Waals surface area contributed by atoms with Gasteiger partial charge in [0.15, 0.2) is 6.29 Å². The van der Waals surface area contributed by atoms with E-state index in [-0.39, 0.29) is 6.29 Å². The van der Waals surface area contributed by atoms with Crippen LogP contribution < -0.4 is 0 Å². The quantitative estimate of drug-likeness (QED) is 0.354. The van der Waals surface area contributed by atoms with E-state index in [2.05, 4.69) is 13.8 Å². The van der Waals surface area contributed by atoms with E-state index in [0.717, 1.165) is 13.0 Å². The Bertz CT molecular complexity index is 218. The first-order valence-electron chi connectivity index (χ1n) is 9.60. The number of unbranched alkanes of at least 4 members (excludes halogenated alkanes) is 12. The van der Waals surface area contributed by atoms with Crippen LogP contribution in [0, 0.1) is 0 Å². The Kier molecular flexibility index (Phi) is 12.3. The van der Waals surface area contributed by atoms with Crippen molar-refractivity contribution in [1.29, 1.82) is 0 Å². The summed E-state index contributed by atoms with van der Waals surface area (Å²) in [6, 6.07) is 0. The lowest BCUT2D eigenvalue weighted by Crippen LogP contribution is -2.08. The third kappa shape index (κ3) is 11.2. The van der Waals surface area contributed by atoms with E-state index in [0.29, 0.717) is 6.10 Å². The van der Waals surface area contributed by atoms with E-state index in [9.17, 15) is 0 Å². The van der Waals surface area contributed by atoms with Gasteiger partial charge < -0.3 is 9.47 Å². The second kappa shape index (κ2) is 13.6. The van der Waals surface area contributed by atoms with Gasteiger partial charge in [-0.15, -0.1) is 0 Å². The zero-order valence-corrected chi connectivity index (χ0v) is 14.6. The largest absolute Gasteiger partial charge is 0.350 e. The third-order valence-corrected chi connectivity index (χ3v) is 4.44. The van der Waals surface area contributed by atoms with Crippen LogP contribution >= 0.6 is 0 Å². The molecule has 1 fully saturated rings. The minimum atomic E-state index is 0.0905. The number of ether oxygens (including phenoxy) is 2. The van der Waals surface area contributed by atoms with Gasteiger partial charge >= 0.3 is 0 Å². The molecule has 126 valence electrons. The van der Waals surface area contributed by atoms with Gasteiger partial charge in [0.2, 0.25) is 0 Å². The highest BCUT2D eigenvalue weighted by molar-refractivity contribution is 4.60. The van der Waals surface area contributed by atoms with E-state index in [1.54, 1.807) is 0 Å². The first-order valence-corrected chi connectivity index (χ1v) is 9.60. The smallest absolute Gasteiger partial charge is 0.158 e. The summed E-state index contributed by atoms with van der Waals surface area (Å²) in [6.07, 6.45) is 19.8. The van der Waals surface area contributed by atoms with Gasteiger partial charge in [-0.2, -0.15) is 0 Å². The van der Waals surface area contributed by atoms with Crippen molar-refractivity contribution in [3.63, 3.8) is 0 Å². The Morgan fingerprint density at radius 3 is 1.62 bits per heavy atom. The van der Waals surface area contributed by atoms with Gasteiger partial charge in [0.1, 0.15) is 0 Å². The molecule has 21 heavy (non-hydrogen) atoms. The molecule has 0 aromatic rings. The van der Waals surface area contributed by atoms with Gasteiger partial charge in [-0.3, -0.25) is 0 Å². The predicted octanol–water partition coefficient (Wildman–Crippen LogP) is 6.23.